The molecule has 0 saturated heterocycles. The van der Waals surface area contributed by atoms with Crippen LogP contribution in [0.2, 0.25) is 0 Å². The third-order valence-corrected chi connectivity index (χ3v) is 4.78. The second kappa shape index (κ2) is 7.79. The number of aromatic nitrogens is 6. The third-order valence-electron chi connectivity index (χ3n) is 4.78. The Bertz CT molecular complexity index is 1450. The molecule has 0 saturated carbocycles. The van der Waals surface area contributed by atoms with E-state index in [-0.39, 0.29) is 40.2 Å². The van der Waals surface area contributed by atoms with Crippen LogP contribution < -0.4 is 22.3 Å². The summed E-state index contributed by atoms with van der Waals surface area (Å²) in [6.07, 6.45) is -2.16. The van der Waals surface area contributed by atoms with E-state index in [9.17, 15) is 23.2 Å². The number of nitrogens with zero attached hydrogens (tertiary/aromatic N) is 6. The fourth-order valence-electron chi connectivity index (χ4n) is 3.37. The summed E-state index contributed by atoms with van der Waals surface area (Å²) in [5.41, 5.74) is 9.22. The highest BCUT2D eigenvalue weighted by Crippen LogP contribution is 2.33. The summed E-state index contributed by atoms with van der Waals surface area (Å²) in [6, 6.07) is 4.31. The Labute approximate surface area is 182 Å². The van der Waals surface area contributed by atoms with E-state index in [2.05, 4.69) is 30.5 Å². The molecule has 4 rings (SSSR count). The molecule has 0 spiro atoms. The van der Waals surface area contributed by atoms with Crippen LogP contribution in [0.4, 0.5) is 30.8 Å². The van der Waals surface area contributed by atoms with Crippen molar-refractivity contribution in [3.8, 4) is 11.8 Å². The molecule has 33 heavy (non-hydrogen) atoms. The Hall–Kier alpha value is -4.67. The van der Waals surface area contributed by atoms with E-state index in [0.29, 0.717) is 0 Å². The number of H-pyrrole nitrogens is 1. The lowest BCUT2D eigenvalue weighted by molar-refractivity contribution is -0.136. The van der Waals surface area contributed by atoms with Gasteiger partial charge in [0.1, 0.15) is 23.3 Å². The van der Waals surface area contributed by atoms with Crippen LogP contribution in [-0.2, 0) is 6.18 Å². The van der Waals surface area contributed by atoms with Gasteiger partial charge in [-0.15, -0.1) is 0 Å². The molecular weight excluding hydrogens is 441 g/mol. The standard InChI is InChI=1S/C19H15F3N10O/c1-8(28-15-10(5-23)14(24)30-18(25)31-15)16-29-12-4-2-3-11(19(20,21)22)13(12)17(33)32(16)9-6-26-27-7-9/h2-4,6-8H,1H3,(H,26,27)(H5,24,25,28,30,31)/t8-/m0/s1. The van der Waals surface area contributed by atoms with E-state index in [0.717, 1.165) is 10.6 Å². The van der Waals surface area contributed by atoms with Crippen molar-refractivity contribution in [1.29, 1.82) is 5.26 Å². The molecular formula is C19H15F3N10O. The first-order chi connectivity index (χ1) is 15.6. The minimum Gasteiger partial charge on any atom is -0.382 e. The molecule has 11 nitrogen and oxygen atoms in total. The second-order valence-corrected chi connectivity index (χ2v) is 6.93. The monoisotopic (exact) mass is 456 g/mol. The molecule has 14 heteroatoms. The summed E-state index contributed by atoms with van der Waals surface area (Å²) in [7, 11) is 0. The van der Waals surface area contributed by atoms with E-state index in [1.165, 1.54) is 24.5 Å². The van der Waals surface area contributed by atoms with Gasteiger partial charge in [0, 0.05) is 6.20 Å². The molecule has 1 atom stereocenters. The van der Waals surface area contributed by atoms with Crippen LogP contribution in [-0.4, -0.2) is 29.7 Å². The number of nitriles is 1. The van der Waals surface area contributed by atoms with Gasteiger partial charge in [-0.3, -0.25) is 14.5 Å². The van der Waals surface area contributed by atoms with Gasteiger partial charge in [0.05, 0.1) is 34.4 Å². The normalized spacial score (nSPS) is 12.5. The minimum absolute atomic E-state index is 0.0212. The van der Waals surface area contributed by atoms with E-state index in [1.54, 1.807) is 6.92 Å². The minimum atomic E-state index is -4.77. The molecule has 0 bridgehead atoms. The maximum absolute atomic E-state index is 13.6. The topological polar surface area (TPSA) is 177 Å². The summed E-state index contributed by atoms with van der Waals surface area (Å²) in [4.78, 5) is 25.4. The molecule has 0 aliphatic carbocycles. The number of aromatic amines is 1. The van der Waals surface area contributed by atoms with Crippen molar-refractivity contribution in [2.45, 2.75) is 19.1 Å². The van der Waals surface area contributed by atoms with Gasteiger partial charge in [0.25, 0.3) is 5.56 Å². The Morgan fingerprint density at radius 2 is 2.00 bits per heavy atom. The van der Waals surface area contributed by atoms with Crippen LogP contribution in [0.25, 0.3) is 16.6 Å². The zero-order chi connectivity index (χ0) is 23.9. The van der Waals surface area contributed by atoms with Crippen LogP contribution in [0.15, 0.2) is 35.4 Å². The third kappa shape index (κ3) is 3.76. The first-order valence-corrected chi connectivity index (χ1v) is 9.33. The predicted octanol–water partition coefficient (Wildman–Crippen LogP) is 2.13. The molecule has 1 aromatic carbocycles. The van der Waals surface area contributed by atoms with E-state index >= 15 is 0 Å². The first-order valence-electron chi connectivity index (χ1n) is 9.33. The lowest BCUT2D eigenvalue weighted by atomic mass is 10.1. The molecule has 3 aromatic heterocycles. The van der Waals surface area contributed by atoms with Gasteiger partial charge in [-0.05, 0) is 19.1 Å². The van der Waals surface area contributed by atoms with E-state index < -0.39 is 28.7 Å². The number of rotatable bonds is 4. The van der Waals surface area contributed by atoms with Gasteiger partial charge < -0.3 is 16.8 Å². The van der Waals surface area contributed by atoms with Crippen LogP contribution in [0.1, 0.15) is 29.9 Å². The average Bonchev–Trinajstić information content (AvgIpc) is 3.26. The van der Waals surface area contributed by atoms with Crippen LogP contribution in [0.3, 0.4) is 0 Å². The molecule has 0 radical (unpaired) electrons. The number of hydrogen-bond acceptors (Lipinski definition) is 9. The Balaban J connectivity index is 1.96. The SMILES string of the molecule is C[C@H](Nc1nc(N)nc(N)c1C#N)c1nc2cccc(C(F)(F)F)c2c(=O)n1-c1cn[nH]c1. The lowest BCUT2D eigenvalue weighted by Crippen LogP contribution is -2.29. The fourth-order valence-corrected chi connectivity index (χ4v) is 3.37. The summed E-state index contributed by atoms with van der Waals surface area (Å²) in [6.45, 7) is 1.58. The Morgan fingerprint density at radius 1 is 1.24 bits per heavy atom. The molecule has 0 aliphatic rings. The number of anilines is 3. The van der Waals surface area contributed by atoms with E-state index in [1.807, 2.05) is 6.07 Å². The largest absolute Gasteiger partial charge is 0.417 e. The van der Waals surface area contributed by atoms with Crippen molar-refractivity contribution in [1.82, 2.24) is 29.7 Å². The molecule has 4 aromatic rings. The highest BCUT2D eigenvalue weighted by Gasteiger charge is 2.35. The quantitative estimate of drug-likeness (QED) is 0.358. The maximum atomic E-state index is 13.6. The van der Waals surface area contributed by atoms with Crippen molar-refractivity contribution in [2.24, 2.45) is 0 Å². The molecule has 6 N–H and O–H groups in total. The van der Waals surface area contributed by atoms with Crippen LogP contribution in [0, 0.1) is 11.3 Å². The van der Waals surface area contributed by atoms with Gasteiger partial charge in [0.2, 0.25) is 5.95 Å². The van der Waals surface area contributed by atoms with Crippen molar-refractivity contribution < 1.29 is 13.2 Å². The number of fused-ring (bicyclic) bond motifs is 1. The number of hydrogen-bond donors (Lipinski definition) is 4. The molecule has 0 amide bonds. The van der Waals surface area contributed by atoms with Crippen molar-refractivity contribution in [3.63, 3.8) is 0 Å². The summed E-state index contributed by atoms with van der Waals surface area (Å²) >= 11 is 0. The number of alkyl halides is 3. The zero-order valence-corrected chi connectivity index (χ0v) is 16.8. The highest BCUT2D eigenvalue weighted by atomic mass is 19.4. The van der Waals surface area contributed by atoms with Gasteiger partial charge in [-0.2, -0.15) is 33.5 Å². The Morgan fingerprint density at radius 3 is 2.64 bits per heavy atom. The van der Waals surface area contributed by atoms with Gasteiger partial charge >= 0.3 is 6.18 Å². The predicted molar refractivity (Wildman–Crippen MR) is 112 cm³/mol. The molecule has 0 fully saturated rings. The second-order valence-electron chi connectivity index (χ2n) is 6.93. The molecule has 3 heterocycles. The number of nitrogen functional groups attached to an aromatic ring is 2. The number of nitrogens with one attached hydrogen (secondary N) is 2. The van der Waals surface area contributed by atoms with Gasteiger partial charge in [0.15, 0.2) is 5.82 Å². The van der Waals surface area contributed by atoms with Crippen LogP contribution in [0.5, 0.6) is 0 Å². The zero-order valence-electron chi connectivity index (χ0n) is 16.8. The lowest BCUT2D eigenvalue weighted by Gasteiger charge is -2.20. The van der Waals surface area contributed by atoms with Crippen molar-refractivity contribution in [3.05, 3.63) is 57.9 Å². The highest BCUT2D eigenvalue weighted by molar-refractivity contribution is 5.82. The first kappa shape index (κ1) is 21.6. The van der Waals surface area contributed by atoms with E-state index in [4.69, 9.17) is 11.5 Å². The van der Waals surface area contributed by atoms with Crippen molar-refractivity contribution in [2.75, 3.05) is 16.8 Å². The summed E-state index contributed by atoms with van der Waals surface area (Å²) in [5.74, 6) is -0.345. The summed E-state index contributed by atoms with van der Waals surface area (Å²) < 4.78 is 41.8. The number of halogens is 3. The van der Waals surface area contributed by atoms with Gasteiger partial charge in [-0.25, -0.2) is 4.98 Å². The van der Waals surface area contributed by atoms with Gasteiger partial charge in [-0.1, -0.05) is 6.07 Å². The summed E-state index contributed by atoms with van der Waals surface area (Å²) in [5, 5.41) is 18.0. The maximum Gasteiger partial charge on any atom is 0.417 e. The number of benzene rings is 1. The molecule has 0 unspecified atom stereocenters. The average molecular weight is 456 g/mol. The Kier molecular flexibility index (Phi) is 5.09. The van der Waals surface area contributed by atoms with Crippen molar-refractivity contribution >= 4 is 28.5 Å². The number of nitrogens with two attached hydrogens (primary N) is 2. The van der Waals surface area contributed by atoms with Crippen LogP contribution >= 0.6 is 0 Å². The fraction of sp³-hybridized carbons (Fsp3) is 0.158. The molecule has 0 aliphatic heterocycles. The smallest absolute Gasteiger partial charge is 0.382 e. The molecule has 168 valence electrons.